The molecule has 0 radical (unpaired) electrons. The van der Waals surface area contributed by atoms with Gasteiger partial charge in [0.05, 0.1) is 11.4 Å². The van der Waals surface area contributed by atoms with Crippen molar-refractivity contribution in [1.82, 2.24) is 4.98 Å². The maximum Gasteiger partial charge on any atom is 0.275 e. The molecule has 0 bridgehead atoms. The molecule has 4 nitrogen and oxygen atoms in total. The second-order valence-electron chi connectivity index (χ2n) is 3.88. The summed E-state index contributed by atoms with van der Waals surface area (Å²) in [4.78, 5) is 16.1. The van der Waals surface area contributed by atoms with Crippen molar-refractivity contribution in [1.29, 1.82) is 0 Å². The van der Waals surface area contributed by atoms with Crippen LogP contribution in [0.3, 0.4) is 0 Å². The van der Waals surface area contributed by atoms with Gasteiger partial charge in [-0.1, -0.05) is 6.07 Å². The highest BCUT2D eigenvalue weighted by atomic mass is 79.9. The molecule has 1 amide bonds. The Hall–Kier alpha value is -1.88. The van der Waals surface area contributed by atoms with Gasteiger partial charge in [0.1, 0.15) is 5.69 Å². The van der Waals surface area contributed by atoms with Crippen LogP contribution < -0.4 is 11.1 Å². The lowest BCUT2D eigenvalue weighted by Crippen LogP contribution is -2.15. The molecule has 0 unspecified atom stereocenters. The van der Waals surface area contributed by atoms with Gasteiger partial charge >= 0.3 is 0 Å². The molecule has 2 rings (SSSR count). The van der Waals surface area contributed by atoms with E-state index in [0.717, 1.165) is 5.56 Å². The first-order chi connectivity index (χ1) is 8.58. The molecule has 0 saturated carbocycles. The van der Waals surface area contributed by atoms with Gasteiger partial charge in [0.15, 0.2) is 0 Å². The molecule has 0 saturated heterocycles. The van der Waals surface area contributed by atoms with E-state index in [1.807, 2.05) is 19.1 Å². The number of nitrogens with zero attached hydrogens (tertiary/aromatic N) is 1. The van der Waals surface area contributed by atoms with Crippen LogP contribution >= 0.6 is 15.9 Å². The van der Waals surface area contributed by atoms with Crippen molar-refractivity contribution in [3.05, 3.63) is 52.3 Å². The standard InChI is InChI=1S/C13H12BrN3O/c1-8-4-5-10(15)11(7-8)17-13(18)12-9(14)3-2-6-16-12/h2-7H,15H2,1H3,(H,17,18). The van der Waals surface area contributed by atoms with Crippen molar-refractivity contribution in [2.24, 2.45) is 0 Å². The van der Waals surface area contributed by atoms with Crippen molar-refractivity contribution in [3.63, 3.8) is 0 Å². The third-order valence-corrected chi connectivity index (χ3v) is 3.07. The first-order valence-corrected chi connectivity index (χ1v) is 6.15. The number of hydrogen-bond acceptors (Lipinski definition) is 3. The molecule has 0 spiro atoms. The molecule has 0 fully saturated rings. The molecule has 5 heteroatoms. The first kappa shape index (κ1) is 12.6. The molecule has 92 valence electrons. The Morgan fingerprint density at radius 3 is 2.89 bits per heavy atom. The van der Waals surface area contributed by atoms with Crippen molar-refractivity contribution in [3.8, 4) is 0 Å². The SMILES string of the molecule is Cc1ccc(N)c(NC(=O)c2ncccc2Br)c1. The summed E-state index contributed by atoms with van der Waals surface area (Å²) >= 11 is 3.29. The maximum absolute atomic E-state index is 12.0. The third kappa shape index (κ3) is 2.68. The van der Waals surface area contributed by atoms with Gasteiger partial charge < -0.3 is 11.1 Å². The Kier molecular flexibility index (Phi) is 3.62. The molecule has 0 aliphatic rings. The summed E-state index contributed by atoms with van der Waals surface area (Å²) < 4.78 is 0.647. The van der Waals surface area contributed by atoms with E-state index in [1.165, 1.54) is 0 Å². The molecule has 0 atom stereocenters. The molecule has 1 aromatic heterocycles. The Morgan fingerprint density at radius 2 is 2.17 bits per heavy atom. The predicted molar refractivity (Wildman–Crippen MR) is 75.5 cm³/mol. The van der Waals surface area contributed by atoms with E-state index in [0.29, 0.717) is 21.5 Å². The topological polar surface area (TPSA) is 68.0 Å². The number of aromatic nitrogens is 1. The smallest absolute Gasteiger partial charge is 0.275 e. The van der Waals surface area contributed by atoms with E-state index in [2.05, 4.69) is 26.2 Å². The minimum Gasteiger partial charge on any atom is -0.397 e. The van der Waals surface area contributed by atoms with Crippen molar-refractivity contribution < 1.29 is 4.79 Å². The molecule has 1 aromatic carbocycles. The number of hydrogen-bond donors (Lipinski definition) is 2. The summed E-state index contributed by atoms with van der Waals surface area (Å²) in [5.74, 6) is -0.292. The molecule has 18 heavy (non-hydrogen) atoms. The summed E-state index contributed by atoms with van der Waals surface area (Å²) in [6.45, 7) is 1.94. The first-order valence-electron chi connectivity index (χ1n) is 5.36. The van der Waals surface area contributed by atoms with E-state index >= 15 is 0 Å². The van der Waals surface area contributed by atoms with E-state index in [9.17, 15) is 4.79 Å². The van der Waals surface area contributed by atoms with Gasteiger partial charge in [-0.2, -0.15) is 0 Å². The normalized spacial score (nSPS) is 10.1. The highest BCUT2D eigenvalue weighted by Crippen LogP contribution is 2.21. The van der Waals surface area contributed by atoms with Crippen LogP contribution in [0.1, 0.15) is 16.1 Å². The lowest BCUT2D eigenvalue weighted by Gasteiger charge is -2.09. The second kappa shape index (κ2) is 5.18. The number of halogens is 1. The summed E-state index contributed by atoms with van der Waals surface area (Å²) in [6.07, 6.45) is 1.57. The highest BCUT2D eigenvalue weighted by Gasteiger charge is 2.12. The van der Waals surface area contributed by atoms with Crippen LogP contribution in [0.15, 0.2) is 41.0 Å². The zero-order valence-electron chi connectivity index (χ0n) is 9.77. The summed E-state index contributed by atoms with van der Waals surface area (Å²) in [5, 5.41) is 2.75. The highest BCUT2D eigenvalue weighted by molar-refractivity contribution is 9.10. The summed E-state index contributed by atoms with van der Waals surface area (Å²) in [6, 6.07) is 8.99. The van der Waals surface area contributed by atoms with E-state index in [-0.39, 0.29) is 5.91 Å². The van der Waals surface area contributed by atoms with Crippen LogP contribution in [-0.4, -0.2) is 10.9 Å². The largest absolute Gasteiger partial charge is 0.397 e. The van der Waals surface area contributed by atoms with Crippen LogP contribution in [-0.2, 0) is 0 Å². The van der Waals surface area contributed by atoms with Crippen LogP contribution in [0.5, 0.6) is 0 Å². The zero-order valence-corrected chi connectivity index (χ0v) is 11.4. The van der Waals surface area contributed by atoms with Crippen LogP contribution in [0.4, 0.5) is 11.4 Å². The molecule has 0 aliphatic carbocycles. The number of amides is 1. The molecular formula is C13H12BrN3O. The number of carbonyl (C=O) groups excluding carboxylic acids is 1. The van der Waals surface area contributed by atoms with Gasteiger partial charge in [0.25, 0.3) is 5.91 Å². The van der Waals surface area contributed by atoms with E-state index in [1.54, 1.807) is 24.4 Å². The van der Waals surface area contributed by atoms with Crippen molar-refractivity contribution >= 4 is 33.2 Å². The Balaban J connectivity index is 2.27. The Morgan fingerprint density at radius 1 is 1.39 bits per heavy atom. The fourth-order valence-corrected chi connectivity index (χ4v) is 1.95. The number of aryl methyl sites for hydroxylation is 1. The fourth-order valence-electron chi connectivity index (χ4n) is 1.51. The Labute approximate surface area is 113 Å². The minimum absolute atomic E-state index is 0.292. The molecule has 3 N–H and O–H groups in total. The number of nitrogen functional groups attached to an aromatic ring is 1. The lowest BCUT2D eigenvalue weighted by atomic mass is 10.2. The zero-order chi connectivity index (χ0) is 13.1. The average Bonchev–Trinajstić information content (AvgIpc) is 2.34. The molecule has 0 aliphatic heterocycles. The van der Waals surface area contributed by atoms with Gasteiger partial charge in [0, 0.05) is 10.7 Å². The minimum atomic E-state index is -0.292. The molecule has 1 heterocycles. The lowest BCUT2D eigenvalue weighted by molar-refractivity contribution is 0.102. The fraction of sp³-hybridized carbons (Fsp3) is 0.0769. The number of nitrogens with one attached hydrogen (secondary N) is 1. The van der Waals surface area contributed by atoms with E-state index in [4.69, 9.17) is 5.73 Å². The van der Waals surface area contributed by atoms with Crippen LogP contribution in [0.2, 0.25) is 0 Å². The van der Waals surface area contributed by atoms with E-state index < -0.39 is 0 Å². The van der Waals surface area contributed by atoms with Gasteiger partial charge in [-0.3, -0.25) is 4.79 Å². The third-order valence-electron chi connectivity index (χ3n) is 2.43. The Bertz CT molecular complexity index is 599. The number of benzene rings is 1. The van der Waals surface area contributed by atoms with Crippen molar-refractivity contribution in [2.75, 3.05) is 11.1 Å². The number of rotatable bonds is 2. The number of pyridine rings is 1. The van der Waals surface area contributed by atoms with Crippen LogP contribution in [0, 0.1) is 6.92 Å². The van der Waals surface area contributed by atoms with Gasteiger partial charge in [-0.05, 0) is 52.7 Å². The monoisotopic (exact) mass is 305 g/mol. The quantitative estimate of drug-likeness (QED) is 0.838. The second-order valence-corrected chi connectivity index (χ2v) is 4.73. The molecule has 2 aromatic rings. The van der Waals surface area contributed by atoms with Gasteiger partial charge in [-0.15, -0.1) is 0 Å². The van der Waals surface area contributed by atoms with Crippen molar-refractivity contribution in [2.45, 2.75) is 6.92 Å². The van der Waals surface area contributed by atoms with Gasteiger partial charge in [0.2, 0.25) is 0 Å². The average molecular weight is 306 g/mol. The van der Waals surface area contributed by atoms with Gasteiger partial charge in [-0.25, -0.2) is 4.98 Å². The number of nitrogens with two attached hydrogens (primary N) is 1. The number of carbonyl (C=O) groups is 1. The van der Waals surface area contributed by atoms with Crippen LogP contribution in [0.25, 0.3) is 0 Å². The summed E-state index contributed by atoms with van der Waals surface area (Å²) in [5.41, 5.74) is 8.29. The predicted octanol–water partition coefficient (Wildman–Crippen LogP) is 2.99. The maximum atomic E-state index is 12.0. The summed E-state index contributed by atoms with van der Waals surface area (Å²) in [7, 11) is 0. The molecular weight excluding hydrogens is 294 g/mol. The number of anilines is 2.